The van der Waals surface area contributed by atoms with Crippen molar-refractivity contribution in [3.8, 4) is 0 Å². The highest BCUT2D eigenvalue weighted by Crippen LogP contribution is 2.28. The standard InChI is InChI=1S/C20H26N6O4S/c1-14-16(7-4-8-17(14)26(28)29)21-18(27)13-31-20-23-22-19(24-9-2-3-10-24)25(20)12-15-6-5-11-30-15/h4,7-8,15H,2-3,5-6,9-13H2,1H3,(H,21,27). The molecule has 0 aliphatic carbocycles. The van der Waals surface area contributed by atoms with Crippen LogP contribution >= 0.6 is 11.8 Å². The highest BCUT2D eigenvalue weighted by molar-refractivity contribution is 7.99. The number of carbonyl (C=O) groups excluding carboxylic acids is 1. The lowest BCUT2D eigenvalue weighted by Gasteiger charge is -2.20. The lowest BCUT2D eigenvalue weighted by atomic mass is 10.1. The van der Waals surface area contributed by atoms with Crippen LogP contribution in [0.5, 0.6) is 0 Å². The van der Waals surface area contributed by atoms with Gasteiger partial charge in [0.1, 0.15) is 0 Å². The Labute approximate surface area is 184 Å². The predicted octanol–water partition coefficient (Wildman–Crippen LogP) is 3.00. The Bertz CT molecular complexity index is 953. The van der Waals surface area contributed by atoms with E-state index in [4.69, 9.17) is 4.74 Å². The number of nitrogens with one attached hydrogen (secondary N) is 1. The quantitative estimate of drug-likeness (QED) is 0.374. The second kappa shape index (κ2) is 9.65. The Morgan fingerprint density at radius 1 is 1.32 bits per heavy atom. The highest BCUT2D eigenvalue weighted by atomic mass is 32.2. The fourth-order valence-electron chi connectivity index (χ4n) is 3.96. The first-order chi connectivity index (χ1) is 15.0. The third-order valence-corrected chi connectivity index (χ3v) is 6.57. The largest absolute Gasteiger partial charge is 0.376 e. The van der Waals surface area contributed by atoms with Crippen LogP contribution in [0.15, 0.2) is 23.4 Å². The van der Waals surface area contributed by atoms with E-state index in [1.165, 1.54) is 17.8 Å². The summed E-state index contributed by atoms with van der Waals surface area (Å²) in [5.41, 5.74) is 0.860. The van der Waals surface area contributed by atoms with Crippen LogP contribution in [0.1, 0.15) is 31.2 Å². The molecule has 2 aliphatic rings. The molecule has 0 bridgehead atoms. The second-order valence-corrected chi connectivity index (χ2v) is 8.71. The molecular weight excluding hydrogens is 420 g/mol. The fourth-order valence-corrected chi connectivity index (χ4v) is 4.71. The molecule has 0 spiro atoms. The van der Waals surface area contributed by atoms with Gasteiger partial charge in [-0.25, -0.2) is 0 Å². The van der Waals surface area contributed by atoms with Gasteiger partial charge in [0.15, 0.2) is 5.16 Å². The first kappa shape index (κ1) is 21.6. The fraction of sp³-hybridized carbons (Fsp3) is 0.550. The van der Waals surface area contributed by atoms with Gasteiger partial charge in [0, 0.05) is 25.8 Å². The van der Waals surface area contributed by atoms with Crippen LogP contribution in [0, 0.1) is 17.0 Å². The zero-order valence-electron chi connectivity index (χ0n) is 17.5. The van der Waals surface area contributed by atoms with E-state index in [1.54, 1.807) is 19.1 Å². The summed E-state index contributed by atoms with van der Waals surface area (Å²) in [4.78, 5) is 25.4. The van der Waals surface area contributed by atoms with Crippen LogP contribution in [0.25, 0.3) is 0 Å². The van der Waals surface area contributed by atoms with Crippen LogP contribution in [0.2, 0.25) is 0 Å². The number of rotatable bonds is 8. The van der Waals surface area contributed by atoms with E-state index in [9.17, 15) is 14.9 Å². The predicted molar refractivity (Wildman–Crippen MR) is 118 cm³/mol. The first-order valence-corrected chi connectivity index (χ1v) is 11.5. The van der Waals surface area contributed by atoms with Crippen LogP contribution in [0.4, 0.5) is 17.3 Å². The third kappa shape index (κ3) is 4.99. The maximum Gasteiger partial charge on any atom is 0.274 e. The van der Waals surface area contributed by atoms with Gasteiger partial charge in [0.05, 0.1) is 34.6 Å². The zero-order valence-corrected chi connectivity index (χ0v) is 18.3. The van der Waals surface area contributed by atoms with Gasteiger partial charge in [-0.15, -0.1) is 10.2 Å². The van der Waals surface area contributed by atoms with Crippen molar-refractivity contribution in [2.24, 2.45) is 0 Å². The molecule has 1 aromatic carbocycles. The molecule has 11 heteroatoms. The molecular formula is C20H26N6O4S. The maximum atomic E-state index is 12.5. The van der Waals surface area contributed by atoms with Crippen molar-refractivity contribution in [3.63, 3.8) is 0 Å². The number of anilines is 2. The molecule has 3 heterocycles. The van der Waals surface area contributed by atoms with Crippen LogP contribution < -0.4 is 10.2 Å². The minimum absolute atomic E-state index is 0.0167. The van der Waals surface area contributed by atoms with E-state index in [0.717, 1.165) is 51.3 Å². The van der Waals surface area contributed by atoms with Crippen molar-refractivity contribution in [1.82, 2.24) is 14.8 Å². The van der Waals surface area contributed by atoms with E-state index in [0.29, 0.717) is 23.0 Å². The molecule has 2 aromatic rings. The number of amides is 1. The van der Waals surface area contributed by atoms with Gasteiger partial charge < -0.3 is 15.0 Å². The van der Waals surface area contributed by atoms with Crippen LogP contribution in [-0.2, 0) is 16.1 Å². The summed E-state index contributed by atoms with van der Waals surface area (Å²) in [6.07, 6.45) is 4.48. The molecule has 2 fully saturated rings. The number of nitro groups is 1. The smallest absolute Gasteiger partial charge is 0.274 e. The molecule has 2 aliphatic heterocycles. The Morgan fingerprint density at radius 3 is 2.84 bits per heavy atom. The van der Waals surface area contributed by atoms with E-state index < -0.39 is 4.92 Å². The normalized spacial score (nSPS) is 18.5. The van der Waals surface area contributed by atoms with Gasteiger partial charge >= 0.3 is 0 Å². The summed E-state index contributed by atoms with van der Waals surface area (Å²) in [5.74, 6) is 0.722. The van der Waals surface area contributed by atoms with Crippen molar-refractivity contribution >= 4 is 35.0 Å². The molecule has 2 saturated heterocycles. The minimum Gasteiger partial charge on any atom is -0.376 e. The molecule has 0 radical (unpaired) electrons. The number of ether oxygens (including phenoxy) is 1. The van der Waals surface area contributed by atoms with Crippen molar-refractivity contribution in [3.05, 3.63) is 33.9 Å². The van der Waals surface area contributed by atoms with Gasteiger partial charge in [-0.1, -0.05) is 17.8 Å². The Hall–Kier alpha value is -2.66. The molecule has 4 rings (SSSR count). The molecule has 1 amide bonds. The maximum absolute atomic E-state index is 12.5. The Morgan fingerprint density at radius 2 is 2.13 bits per heavy atom. The molecule has 1 atom stereocenters. The first-order valence-electron chi connectivity index (χ1n) is 10.5. The van der Waals surface area contributed by atoms with Gasteiger partial charge in [-0.2, -0.15) is 0 Å². The van der Waals surface area contributed by atoms with Gasteiger partial charge in [0.25, 0.3) is 5.69 Å². The summed E-state index contributed by atoms with van der Waals surface area (Å²) in [7, 11) is 0. The third-order valence-electron chi connectivity index (χ3n) is 5.60. The average Bonchev–Trinajstić information content (AvgIpc) is 3.50. The van der Waals surface area contributed by atoms with E-state index in [-0.39, 0.29) is 23.5 Å². The summed E-state index contributed by atoms with van der Waals surface area (Å²) >= 11 is 1.31. The van der Waals surface area contributed by atoms with E-state index in [2.05, 4.69) is 25.0 Å². The molecule has 1 unspecified atom stereocenters. The topological polar surface area (TPSA) is 115 Å². The van der Waals surface area contributed by atoms with E-state index >= 15 is 0 Å². The molecule has 166 valence electrons. The Kier molecular flexibility index (Phi) is 6.71. The van der Waals surface area contributed by atoms with Gasteiger partial charge in [-0.05, 0) is 38.7 Å². The molecule has 1 N–H and O–H groups in total. The average molecular weight is 447 g/mol. The number of hydrogen-bond acceptors (Lipinski definition) is 8. The van der Waals surface area contributed by atoms with Crippen molar-refractivity contribution < 1.29 is 14.5 Å². The summed E-state index contributed by atoms with van der Waals surface area (Å²) in [6, 6.07) is 4.65. The van der Waals surface area contributed by atoms with Gasteiger partial charge in [0.2, 0.25) is 11.9 Å². The second-order valence-electron chi connectivity index (χ2n) is 7.77. The summed E-state index contributed by atoms with van der Waals surface area (Å²) in [5, 5.41) is 23.3. The monoisotopic (exact) mass is 446 g/mol. The lowest BCUT2D eigenvalue weighted by molar-refractivity contribution is -0.385. The number of benzene rings is 1. The van der Waals surface area contributed by atoms with Crippen molar-refractivity contribution in [2.45, 2.75) is 50.4 Å². The highest BCUT2D eigenvalue weighted by Gasteiger charge is 2.25. The van der Waals surface area contributed by atoms with E-state index in [1.807, 2.05) is 0 Å². The molecule has 1 aromatic heterocycles. The minimum atomic E-state index is -0.451. The molecule has 10 nitrogen and oxygen atoms in total. The number of carbonyl (C=O) groups is 1. The SMILES string of the molecule is Cc1c(NC(=O)CSc2nnc(N3CCCC3)n2CC2CCCO2)cccc1[N+](=O)[O-]. The Balaban J connectivity index is 1.44. The van der Waals surface area contributed by atoms with Crippen LogP contribution in [0.3, 0.4) is 0 Å². The lowest BCUT2D eigenvalue weighted by Crippen LogP contribution is -2.25. The van der Waals surface area contributed by atoms with Gasteiger partial charge in [-0.3, -0.25) is 19.5 Å². The van der Waals surface area contributed by atoms with Crippen molar-refractivity contribution in [2.75, 3.05) is 35.7 Å². The number of hydrogen-bond donors (Lipinski definition) is 1. The zero-order chi connectivity index (χ0) is 21.8. The number of nitrogens with zero attached hydrogens (tertiary/aromatic N) is 5. The number of thioether (sulfide) groups is 1. The summed E-state index contributed by atoms with van der Waals surface area (Å²) in [6.45, 7) is 5.00. The van der Waals surface area contributed by atoms with Crippen LogP contribution in [-0.4, -0.2) is 57.1 Å². The molecule has 0 saturated carbocycles. The summed E-state index contributed by atoms with van der Waals surface area (Å²) < 4.78 is 7.88. The number of aromatic nitrogens is 3. The van der Waals surface area contributed by atoms with Crippen molar-refractivity contribution in [1.29, 1.82) is 0 Å². The molecule has 31 heavy (non-hydrogen) atoms. The number of nitro benzene ring substituents is 1.